The summed E-state index contributed by atoms with van der Waals surface area (Å²) in [5, 5.41) is 2.72. The van der Waals surface area contributed by atoms with Crippen molar-refractivity contribution in [1.82, 2.24) is 5.32 Å². The molecule has 0 spiro atoms. The monoisotopic (exact) mass is 348 g/mol. The molecule has 0 saturated carbocycles. The van der Waals surface area contributed by atoms with E-state index in [1.54, 1.807) is 0 Å². The quantitative estimate of drug-likeness (QED) is 0.823. The van der Waals surface area contributed by atoms with Crippen molar-refractivity contribution in [2.45, 2.75) is 45.7 Å². The fourth-order valence-electron chi connectivity index (χ4n) is 2.30. The number of rotatable bonds is 7. The molecule has 1 amide bonds. The Hall–Kier alpha value is -1.70. The molecule has 0 unspecified atom stereocenters. The summed E-state index contributed by atoms with van der Waals surface area (Å²) >= 11 is 0. The molecule has 130 valence electrons. The molecule has 1 rings (SSSR count). The average molecular weight is 348 g/mol. The number of carbonyl (C=O) groups is 1. The molecular weight excluding hydrogens is 326 g/mol. The first-order valence-electron chi connectivity index (χ1n) is 7.32. The summed E-state index contributed by atoms with van der Waals surface area (Å²) < 4.78 is 51.3. The van der Waals surface area contributed by atoms with Gasteiger partial charge in [0.15, 0.2) is 11.6 Å². The molecule has 5 nitrogen and oxygen atoms in total. The number of halogens is 2. The number of carbonyl (C=O) groups excluding carboxylic acids is 1. The van der Waals surface area contributed by atoms with Gasteiger partial charge in [-0.15, -0.1) is 0 Å². The number of nitrogens with zero attached hydrogens (tertiary/aromatic N) is 1. The van der Waals surface area contributed by atoms with Crippen LogP contribution >= 0.6 is 0 Å². The lowest BCUT2D eigenvalue weighted by molar-refractivity contribution is -0.122. The van der Waals surface area contributed by atoms with Crippen LogP contribution in [0.1, 0.15) is 33.6 Å². The third-order valence-corrected chi connectivity index (χ3v) is 4.60. The third-order valence-electron chi connectivity index (χ3n) is 3.36. The Morgan fingerprint density at radius 2 is 1.87 bits per heavy atom. The SMILES string of the molecule is CCC[C@@H](C)NC(=O)[C@@H](C)N(c1ccc(F)c(F)c1)S(C)(=O)=O. The zero-order valence-corrected chi connectivity index (χ0v) is 14.5. The molecule has 23 heavy (non-hydrogen) atoms. The maximum Gasteiger partial charge on any atom is 0.243 e. The molecule has 0 aliphatic rings. The normalized spacial score (nSPS) is 14.2. The highest BCUT2D eigenvalue weighted by Crippen LogP contribution is 2.23. The van der Waals surface area contributed by atoms with Gasteiger partial charge < -0.3 is 5.32 Å². The van der Waals surface area contributed by atoms with Crippen molar-refractivity contribution in [3.8, 4) is 0 Å². The summed E-state index contributed by atoms with van der Waals surface area (Å²) in [6.45, 7) is 5.18. The molecule has 0 radical (unpaired) electrons. The second kappa shape index (κ2) is 7.72. The first-order valence-corrected chi connectivity index (χ1v) is 9.17. The van der Waals surface area contributed by atoms with Crippen LogP contribution in [0.25, 0.3) is 0 Å². The van der Waals surface area contributed by atoms with E-state index in [9.17, 15) is 22.0 Å². The lowest BCUT2D eigenvalue weighted by Gasteiger charge is -2.29. The van der Waals surface area contributed by atoms with Crippen LogP contribution in [0.4, 0.5) is 14.5 Å². The van der Waals surface area contributed by atoms with Crippen LogP contribution < -0.4 is 9.62 Å². The van der Waals surface area contributed by atoms with Gasteiger partial charge in [0.05, 0.1) is 11.9 Å². The molecule has 0 bridgehead atoms. The van der Waals surface area contributed by atoms with Crippen LogP contribution in [0.2, 0.25) is 0 Å². The molecule has 1 aromatic rings. The minimum atomic E-state index is -3.86. The fourth-order valence-corrected chi connectivity index (χ4v) is 3.47. The Balaban J connectivity index is 3.12. The predicted molar refractivity (Wildman–Crippen MR) is 85.7 cm³/mol. The smallest absolute Gasteiger partial charge is 0.243 e. The summed E-state index contributed by atoms with van der Waals surface area (Å²) in [5.41, 5.74) is -0.0998. The largest absolute Gasteiger partial charge is 0.352 e. The third kappa shape index (κ3) is 5.16. The predicted octanol–water partition coefficient (Wildman–Crippen LogP) is 2.42. The fraction of sp³-hybridized carbons (Fsp3) is 0.533. The Morgan fingerprint density at radius 3 is 2.35 bits per heavy atom. The number of sulfonamides is 1. The Bertz CT molecular complexity index is 665. The first kappa shape index (κ1) is 19.3. The molecule has 0 aliphatic carbocycles. The van der Waals surface area contributed by atoms with Crippen molar-refractivity contribution in [3.05, 3.63) is 29.8 Å². The van der Waals surface area contributed by atoms with Crippen LogP contribution in [0, 0.1) is 11.6 Å². The molecule has 0 heterocycles. The lowest BCUT2D eigenvalue weighted by atomic mass is 10.2. The Morgan fingerprint density at radius 1 is 1.26 bits per heavy atom. The zero-order chi connectivity index (χ0) is 17.8. The van der Waals surface area contributed by atoms with Gasteiger partial charge in [0.25, 0.3) is 0 Å². The van der Waals surface area contributed by atoms with Crippen molar-refractivity contribution < 1.29 is 22.0 Å². The second-order valence-corrected chi connectivity index (χ2v) is 7.39. The van der Waals surface area contributed by atoms with Gasteiger partial charge in [0.2, 0.25) is 15.9 Å². The molecule has 2 atom stereocenters. The summed E-state index contributed by atoms with van der Waals surface area (Å²) in [5.74, 6) is -2.76. The maximum atomic E-state index is 13.4. The minimum absolute atomic E-state index is 0.0998. The van der Waals surface area contributed by atoms with Crippen molar-refractivity contribution in [2.24, 2.45) is 0 Å². The molecule has 0 aromatic heterocycles. The molecule has 8 heteroatoms. The topological polar surface area (TPSA) is 66.5 Å². The number of amides is 1. The average Bonchev–Trinajstić information content (AvgIpc) is 2.41. The summed E-state index contributed by atoms with van der Waals surface area (Å²) in [6, 6.07) is 1.51. The minimum Gasteiger partial charge on any atom is -0.352 e. The summed E-state index contributed by atoms with van der Waals surface area (Å²) in [7, 11) is -3.86. The van der Waals surface area contributed by atoms with Gasteiger partial charge in [-0.05, 0) is 32.4 Å². The number of nitrogens with one attached hydrogen (secondary N) is 1. The van der Waals surface area contributed by atoms with Crippen molar-refractivity contribution >= 4 is 21.6 Å². The van der Waals surface area contributed by atoms with Crippen LogP contribution in [0.5, 0.6) is 0 Å². The summed E-state index contributed by atoms with van der Waals surface area (Å²) in [6.07, 6.45) is 2.53. The molecule has 1 N–H and O–H groups in total. The van der Waals surface area contributed by atoms with Gasteiger partial charge in [-0.25, -0.2) is 17.2 Å². The van der Waals surface area contributed by atoms with E-state index in [1.165, 1.54) is 6.92 Å². The zero-order valence-electron chi connectivity index (χ0n) is 13.6. The van der Waals surface area contributed by atoms with E-state index in [2.05, 4.69) is 5.32 Å². The van der Waals surface area contributed by atoms with Gasteiger partial charge in [-0.1, -0.05) is 13.3 Å². The highest BCUT2D eigenvalue weighted by molar-refractivity contribution is 7.92. The van der Waals surface area contributed by atoms with Gasteiger partial charge in [0, 0.05) is 12.1 Å². The first-order chi connectivity index (χ1) is 10.6. The van der Waals surface area contributed by atoms with E-state index in [0.717, 1.165) is 41.6 Å². The van der Waals surface area contributed by atoms with Crippen molar-refractivity contribution in [1.29, 1.82) is 0 Å². The Kier molecular flexibility index (Phi) is 6.49. The van der Waals surface area contributed by atoms with Crippen molar-refractivity contribution in [3.63, 3.8) is 0 Å². The van der Waals surface area contributed by atoms with Crippen LogP contribution in [-0.4, -0.2) is 32.7 Å². The van der Waals surface area contributed by atoms with E-state index in [1.807, 2.05) is 13.8 Å². The number of anilines is 1. The number of hydrogen-bond donors (Lipinski definition) is 1. The van der Waals surface area contributed by atoms with Crippen LogP contribution in [-0.2, 0) is 14.8 Å². The van der Waals surface area contributed by atoms with E-state index in [-0.39, 0.29) is 11.7 Å². The lowest BCUT2D eigenvalue weighted by Crippen LogP contribution is -2.49. The van der Waals surface area contributed by atoms with Gasteiger partial charge >= 0.3 is 0 Å². The molecule has 0 fully saturated rings. The van der Waals surface area contributed by atoms with E-state index in [4.69, 9.17) is 0 Å². The van der Waals surface area contributed by atoms with E-state index >= 15 is 0 Å². The molecule has 0 aliphatic heterocycles. The van der Waals surface area contributed by atoms with Gasteiger partial charge in [0.1, 0.15) is 6.04 Å². The molecular formula is C15H22F2N2O3S. The van der Waals surface area contributed by atoms with Gasteiger partial charge in [-0.2, -0.15) is 0 Å². The maximum absolute atomic E-state index is 13.4. The van der Waals surface area contributed by atoms with E-state index in [0.29, 0.717) is 0 Å². The summed E-state index contributed by atoms with van der Waals surface area (Å²) in [4.78, 5) is 12.3. The van der Waals surface area contributed by atoms with Crippen LogP contribution in [0.3, 0.4) is 0 Å². The number of benzene rings is 1. The highest BCUT2D eigenvalue weighted by atomic mass is 32.2. The number of hydrogen-bond acceptors (Lipinski definition) is 3. The Labute approximate surface area is 135 Å². The standard InChI is InChI=1S/C15H22F2N2O3S/c1-5-6-10(2)18-15(20)11(3)19(23(4,21)22)12-7-8-13(16)14(17)9-12/h7-11H,5-6H2,1-4H3,(H,18,20)/t10-,11-/m1/s1. The highest BCUT2D eigenvalue weighted by Gasteiger charge is 2.30. The van der Waals surface area contributed by atoms with Crippen LogP contribution in [0.15, 0.2) is 18.2 Å². The van der Waals surface area contributed by atoms with Gasteiger partial charge in [-0.3, -0.25) is 9.10 Å². The van der Waals surface area contributed by atoms with Crippen molar-refractivity contribution in [2.75, 3.05) is 10.6 Å². The molecule has 0 saturated heterocycles. The van der Waals surface area contributed by atoms with E-state index < -0.39 is 33.6 Å². The molecule has 1 aromatic carbocycles. The second-order valence-electron chi connectivity index (χ2n) is 5.53.